The van der Waals surface area contributed by atoms with Gasteiger partial charge >= 0.3 is 6.03 Å². The number of sulfone groups is 1. The molecule has 0 atom stereocenters. The number of urea groups is 1. The Morgan fingerprint density at radius 3 is 2.40 bits per heavy atom. The molecule has 0 aliphatic carbocycles. The predicted molar refractivity (Wildman–Crippen MR) is 54.0 cm³/mol. The van der Waals surface area contributed by atoms with Crippen LogP contribution in [0, 0.1) is 0 Å². The van der Waals surface area contributed by atoms with Crippen LogP contribution in [0.3, 0.4) is 0 Å². The molecule has 1 heterocycles. The number of rotatable bonds is 4. The Hall–Kier alpha value is -1.11. The highest BCUT2D eigenvalue weighted by atomic mass is 32.2. The fourth-order valence-electron chi connectivity index (χ4n) is 1.14. The molecule has 0 spiro atoms. The summed E-state index contributed by atoms with van der Waals surface area (Å²) in [6.07, 6.45) is 0. The number of amides is 3. The smallest absolute Gasteiger partial charge is 0.314 e. The Morgan fingerprint density at radius 1 is 1.40 bits per heavy atom. The molecule has 1 aliphatic heterocycles. The average molecular weight is 234 g/mol. The van der Waals surface area contributed by atoms with Crippen molar-refractivity contribution in [1.82, 2.24) is 10.2 Å². The fraction of sp³-hybridized carbons (Fsp3) is 0.750. The molecule has 86 valence electrons. The summed E-state index contributed by atoms with van der Waals surface area (Å²) in [5.74, 6) is -0.493. The van der Waals surface area contributed by atoms with Crippen LogP contribution in [0.4, 0.5) is 4.79 Å². The highest BCUT2D eigenvalue weighted by Crippen LogP contribution is 2.04. The standard InChI is InChI=1S/C8H14N2O4S/c1-6(2)15(13,14)4-3-10-5-7(11)9-8(10)12/h6H,3-5H2,1-2H3,(H,9,11,12). The molecule has 1 aliphatic rings. The van der Waals surface area contributed by atoms with Gasteiger partial charge in [-0.25, -0.2) is 13.2 Å². The van der Waals surface area contributed by atoms with Gasteiger partial charge in [0.1, 0.15) is 6.54 Å². The van der Waals surface area contributed by atoms with Crippen LogP contribution >= 0.6 is 0 Å². The maximum atomic E-state index is 11.4. The molecule has 0 unspecified atom stereocenters. The van der Waals surface area contributed by atoms with Gasteiger partial charge in [0.05, 0.1) is 11.0 Å². The lowest BCUT2D eigenvalue weighted by Crippen LogP contribution is -2.34. The molecule has 0 aromatic carbocycles. The summed E-state index contributed by atoms with van der Waals surface area (Å²) < 4.78 is 22.9. The average Bonchev–Trinajstić information content (AvgIpc) is 2.41. The first kappa shape index (κ1) is 12.0. The summed E-state index contributed by atoms with van der Waals surface area (Å²) in [7, 11) is -3.16. The zero-order chi connectivity index (χ0) is 11.6. The van der Waals surface area contributed by atoms with Crippen molar-refractivity contribution in [3.63, 3.8) is 0 Å². The van der Waals surface area contributed by atoms with Crippen LogP contribution in [0.2, 0.25) is 0 Å². The van der Waals surface area contributed by atoms with E-state index < -0.39 is 21.1 Å². The molecule has 15 heavy (non-hydrogen) atoms. The van der Waals surface area contributed by atoms with E-state index in [4.69, 9.17) is 0 Å². The number of nitrogens with zero attached hydrogens (tertiary/aromatic N) is 1. The number of carbonyl (C=O) groups excluding carboxylic acids is 2. The molecule has 6 nitrogen and oxygen atoms in total. The minimum atomic E-state index is -3.16. The molecule has 0 aromatic rings. The second-order valence-corrected chi connectivity index (χ2v) is 6.37. The summed E-state index contributed by atoms with van der Waals surface area (Å²) >= 11 is 0. The molecule has 0 saturated carbocycles. The van der Waals surface area contributed by atoms with Crippen molar-refractivity contribution in [2.24, 2.45) is 0 Å². The number of nitrogens with one attached hydrogen (secondary N) is 1. The summed E-state index contributed by atoms with van der Waals surface area (Å²) in [4.78, 5) is 23.1. The predicted octanol–water partition coefficient (Wildman–Crippen LogP) is -0.639. The van der Waals surface area contributed by atoms with Gasteiger partial charge in [-0.1, -0.05) is 0 Å². The largest absolute Gasteiger partial charge is 0.324 e. The van der Waals surface area contributed by atoms with Crippen LogP contribution in [0.1, 0.15) is 13.8 Å². The lowest BCUT2D eigenvalue weighted by Gasteiger charge is -2.14. The summed E-state index contributed by atoms with van der Waals surface area (Å²) in [5, 5.41) is 1.63. The van der Waals surface area contributed by atoms with Crippen LogP contribution in [-0.4, -0.2) is 49.3 Å². The number of hydrogen-bond acceptors (Lipinski definition) is 4. The van der Waals surface area contributed by atoms with Crippen molar-refractivity contribution >= 4 is 21.8 Å². The molecule has 1 saturated heterocycles. The highest BCUT2D eigenvalue weighted by molar-refractivity contribution is 7.92. The van der Waals surface area contributed by atoms with Gasteiger partial charge in [0.25, 0.3) is 0 Å². The summed E-state index contributed by atoms with van der Waals surface area (Å²) in [5.41, 5.74) is 0. The molecule has 0 bridgehead atoms. The van der Waals surface area contributed by atoms with E-state index in [0.717, 1.165) is 0 Å². The van der Waals surface area contributed by atoms with Crippen LogP contribution in [0.25, 0.3) is 0 Å². The van der Waals surface area contributed by atoms with E-state index in [2.05, 4.69) is 5.32 Å². The minimum Gasteiger partial charge on any atom is -0.314 e. The Kier molecular flexibility index (Phi) is 3.33. The van der Waals surface area contributed by atoms with E-state index in [-0.39, 0.29) is 24.7 Å². The van der Waals surface area contributed by atoms with E-state index in [0.29, 0.717) is 0 Å². The number of imide groups is 1. The van der Waals surface area contributed by atoms with Gasteiger partial charge in [-0.15, -0.1) is 0 Å². The van der Waals surface area contributed by atoms with E-state index >= 15 is 0 Å². The lowest BCUT2D eigenvalue weighted by molar-refractivity contribution is -0.118. The molecule has 3 amide bonds. The third kappa shape index (κ3) is 2.92. The van der Waals surface area contributed by atoms with Gasteiger partial charge in [0.2, 0.25) is 5.91 Å². The summed E-state index contributed by atoms with van der Waals surface area (Å²) in [6.45, 7) is 3.19. The molecule has 0 aromatic heterocycles. The van der Waals surface area contributed by atoms with Crippen LogP contribution in [-0.2, 0) is 14.6 Å². The zero-order valence-corrected chi connectivity index (χ0v) is 9.50. The van der Waals surface area contributed by atoms with E-state index in [1.807, 2.05) is 0 Å². The van der Waals surface area contributed by atoms with Gasteiger partial charge < -0.3 is 4.90 Å². The highest BCUT2D eigenvalue weighted by Gasteiger charge is 2.28. The Labute approximate surface area is 88.5 Å². The first-order chi connectivity index (χ1) is 6.83. The van der Waals surface area contributed by atoms with E-state index in [9.17, 15) is 18.0 Å². The topological polar surface area (TPSA) is 83.6 Å². The van der Waals surface area contributed by atoms with Crippen LogP contribution in [0.5, 0.6) is 0 Å². The van der Waals surface area contributed by atoms with Gasteiger partial charge in [-0.2, -0.15) is 0 Å². The lowest BCUT2D eigenvalue weighted by atomic mass is 10.5. The van der Waals surface area contributed by atoms with Crippen molar-refractivity contribution in [3.8, 4) is 0 Å². The normalized spacial score (nSPS) is 17.4. The third-order valence-corrected chi connectivity index (χ3v) is 4.42. The molecular formula is C8H14N2O4S. The molecule has 1 N–H and O–H groups in total. The monoisotopic (exact) mass is 234 g/mol. The maximum Gasteiger partial charge on any atom is 0.324 e. The zero-order valence-electron chi connectivity index (χ0n) is 8.69. The molecule has 1 rings (SSSR count). The van der Waals surface area contributed by atoms with Crippen molar-refractivity contribution in [2.75, 3.05) is 18.8 Å². The number of carbonyl (C=O) groups is 2. The first-order valence-corrected chi connectivity index (χ1v) is 6.35. The van der Waals surface area contributed by atoms with Crippen LogP contribution in [0.15, 0.2) is 0 Å². The second kappa shape index (κ2) is 4.18. The van der Waals surface area contributed by atoms with Crippen LogP contribution < -0.4 is 5.32 Å². The Balaban J connectivity index is 2.52. The van der Waals surface area contributed by atoms with Crippen molar-refractivity contribution in [3.05, 3.63) is 0 Å². The Morgan fingerprint density at radius 2 is 2.00 bits per heavy atom. The van der Waals surface area contributed by atoms with Gasteiger partial charge in [-0.05, 0) is 13.8 Å². The molecule has 1 fully saturated rings. The summed E-state index contributed by atoms with van der Waals surface area (Å²) in [6, 6.07) is -0.515. The molecular weight excluding hydrogens is 220 g/mol. The quantitative estimate of drug-likeness (QED) is 0.656. The van der Waals surface area contributed by atoms with Gasteiger partial charge in [0.15, 0.2) is 9.84 Å². The fourth-order valence-corrected chi connectivity index (χ4v) is 2.08. The SMILES string of the molecule is CC(C)S(=O)(=O)CCN1CC(=O)NC1=O. The van der Waals surface area contributed by atoms with Crippen molar-refractivity contribution in [1.29, 1.82) is 0 Å². The van der Waals surface area contributed by atoms with Crippen molar-refractivity contribution < 1.29 is 18.0 Å². The molecule has 0 radical (unpaired) electrons. The minimum absolute atomic E-state index is 0.0492. The second-order valence-electron chi connectivity index (χ2n) is 3.69. The molecule has 7 heteroatoms. The van der Waals surface area contributed by atoms with Gasteiger partial charge in [-0.3, -0.25) is 10.1 Å². The van der Waals surface area contributed by atoms with Gasteiger partial charge in [0, 0.05) is 6.54 Å². The number of hydrogen-bond donors (Lipinski definition) is 1. The van der Waals surface area contributed by atoms with E-state index in [1.165, 1.54) is 4.90 Å². The first-order valence-electron chi connectivity index (χ1n) is 4.63. The van der Waals surface area contributed by atoms with Crippen molar-refractivity contribution in [2.45, 2.75) is 19.1 Å². The third-order valence-electron chi connectivity index (χ3n) is 2.23. The van der Waals surface area contributed by atoms with E-state index in [1.54, 1.807) is 13.8 Å². The maximum absolute atomic E-state index is 11.4. The Bertz CT molecular complexity index is 374.